The van der Waals surface area contributed by atoms with Crippen LogP contribution in [0.5, 0.6) is 5.75 Å². The molecule has 12 aromatic rings. The van der Waals surface area contributed by atoms with Crippen LogP contribution in [0.25, 0.3) is 111 Å². The van der Waals surface area contributed by atoms with Gasteiger partial charge in [-0.25, -0.2) is 4.98 Å². The summed E-state index contributed by atoms with van der Waals surface area (Å²) in [5, 5.41) is 16.2. The first-order valence-electron chi connectivity index (χ1n) is 27.1. The van der Waals surface area contributed by atoms with Crippen molar-refractivity contribution in [3.63, 3.8) is 0 Å². The van der Waals surface area contributed by atoms with E-state index in [9.17, 15) is 5.11 Å². The first-order chi connectivity index (χ1) is 36.6. The van der Waals surface area contributed by atoms with Crippen LogP contribution in [-0.2, 0) is 31.9 Å². The van der Waals surface area contributed by atoms with Crippen LogP contribution in [0.4, 0.5) is 0 Å². The van der Waals surface area contributed by atoms with E-state index in [2.05, 4.69) is 248 Å². The maximum atomic E-state index is 12.8. The van der Waals surface area contributed by atoms with Gasteiger partial charge in [-0.15, -0.1) is 17.6 Å². The fourth-order valence-corrected chi connectivity index (χ4v) is 13.1. The SMILES string of the molecule is CC(C)c1cc(-c2ccccc2)cc(C(C)C)c1-n1c(-c2cc(C(C)(C)C)cc(C(C)(C)C)c2O)nc2c(-c3cccc4c3nc3c5[c-]cc6c(c5c5ccccc5n43)-c3cccc4c3B6c3ccccc3-4)cccc21.[Pt]. The third-order valence-electron chi connectivity index (χ3n) is 16.8. The van der Waals surface area contributed by atoms with Crippen LogP contribution in [0.2, 0.25) is 0 Å². The molecule has 0 aliphatic carbocycles. The van der Waals surface area contributed by atoms with Gasteiger partial charge in [0.15, 0.2) is 6.71 Å². The number of benzene rings is 9. The largest absolute Gasteiger partial charge is 0.507 e. The van der Waals surface area contributed by atoms with Crippen molar-refractivity contribution in [2.45, 2.75) is 91.9 Å². The van der Waals surface area contributed by atoms with Gasteiger partial charge in [0.05, 0.1) is 39.0 Å². The summed E-state index contributed by atoms with van der Waals surface area (Å²) in [4.78, 5) is 11.6. The van der Waals surface area contributed by atoms with Crippen LogP contribution in [0.1, 0.15) is 103 Å². The minimum atomic E-state index is -0.342. The summed E-state index contributed by atoms with van der Waals surface area (Å²) in [7, 11) is 0. The Morgan fingerprint density at radius 2 is 1.14 bits per heavy atom. The number of aromatic nitrogens is 4. The average Bonchev–Trinajstić information content (AvgIpc) is 4.20. The predicted molar refractivity (Wildman–Crippen MR) is 320 cm³/mol. The van der Waals surface area contributed by atoms with E-state index in [4.69, 9.17) is 9.97 Å². The molecule has 9 aromatic carbocycles. The van der Waals surface area contributed by atoms with Crippen molar-refractivity contribution in [1.82, 2.24) is 18.9 Å². The Morgan fingerprint density at radius 3 is 1.84 bits per heavy atom. The second-order valence-electron chi connectivity index (χ2n) is 24.2. The Hall–Kier alpha value is -7.53. The molecule has 5 nitrogen and oxygen atoms in total. The van der Waals surface area contributed by atoms with E-state index < -0.39 is 0 Å². The number of imidazole rings is 2. The van der Waals surface area contributed by atoms with Crippen molar-refractivity contribution in [3.8, 4) is 67.3 Å². The number of rotatable bonds is 6. The smallest absolute Gasteiger partial charge is 0.193 e. The molecule has 0 bridgehead atoms. The Kier molecular flexibility index (Phi) is 11.2. The molecule has 0 saturated heterocycles. The van der Waals surface area contributed by atoms with Gasteiger partial charge in [-0.2, -0.15) is 0 Å². The van der Waals surface area contributed by atoms with Gasteiger partial charge >= 0.3 is 0 Å². The van der Waals surface area contributed by atoms with Gasteiger partial charge in [0.25, 0.3) is 0 Å². The molecule has 0 amide bonds. The number of phenols is 1. The topological polar surface area (TPSA) is 55.3 Å². The van der Waals surface area contributed by atoms with Gasteiger partial charge in [-0.05, 0) is 109 Å². The Morgan fingerprint density at radius 1 is 0.545 bits per heavy atom. The zero-order valence-electron chi connectivity index (χ0n) is 45.4. The van der Waals surface area contributed by atoms with Crippen molar-refractivity contribution in [1.29, 1.82) is 0 Å². The molecule has 1 N–H and O–H groups in total. The predicted octanol–water partition coefficient (Wildman–Crippen LogP) is 16.0. The summed E-state index contributed by atoms with van der Waals surface area (Å²) < 4.78 is 4.74. The summed E-state index contributed by atoms with van der Waals surface area (Å²) in [5.74, 6) is 1.31. The third-order valence-corrected chi connectivity index (χ3v) is 16.8. The van der Waals surface area contributed by atoms with Crippen LogP contribution in [0.3, 0.4) is 0 Å². The number of hydrogen-bond donors (Lipinski definition) is 1. The molecule has 2 aliphatic heterocycles. The van der Waals surface area contributed by atoms with Gasteiger partial charge < -0.3 is 9.51 Å². The van der Waals surface area contributed by atoms with Gasteiger partial charge in [0.1, 0.15) is 11.6 Å². The zero-order valence-corrected chi connectivity index (χ0v) is 47.6. The maximum Gasteiger partial charge on any atom is 0.193 e. The number of aromatic hydroxyl groups is 1. The standard InChI is InChI=1S/C70H60BN4O.Pt/c1-39(2)51-35-42(41-21-12-11-13-22-41)36-52(40(3)4)65(51)75-59-32-20-27-47(64(59)73-68(75)53-37-43(69(5,6)7)38-54(66(53)76)70(8,9)10)46-26-19-31-58-63(46)72-67-50-33-34-56-61(60(50)48-24-15-17-30-57(48)74(58)67)49-28-18-25-45-44-23-14-16-29-55(44)71(56)62(45)49;/h11-32,34-40,76H,1-10H3;/q-1;. The maximum absolute atomic E-state index is 12.8. The quantitative estimate of drug-likeness (QED) is 0.103. The first kappa shape index (κ1) is 49.1. The third kappa shape index (κ3) is 7.17. The summed E-state index contributed by atoms with van der Waals surface area (Å²) in [6, 6.07) is 63.9. The fourth-order valence-electron chi connectivity index (χ4n) is 13.1. The van der Waals surface area contributed by atoms with Crippen molar-refractivity contribution < 1.29 is 26.2 Å². The van der Waals surface area contributed by atoms with E-state index in [0.717, 1.165) is 72.1 Å². The molecule has 0 radical (unpaired) electrons. The van der Waals surface area contributed by atoms with E-state index in [-0.39, 0.29) is 56.2 Å². The van der Waals surface area contributed by atoms with Crippen molar-refractivity contribution in [3.05, 3.63) is 192 Å². The van der Waals surface area contributed by atoms with Crippen LogP contribution in [-0.4, -0.2) is 30.8 Å². The normalized spacial score (nSPS) is 13.0. The molecular formula is C70H60BN4OPt-. The minimum absolute atomic E-state index is 0. The van der Waals surface area contributed by atoms with Gasteiger partial charge in [0, 0.05) is 43.3 Å². The zero-order chi connectivity index (χ0) is 52.3. The van der Waals surface area contributed by atoms with E-state index in [1.807, 2.05) is 0 Å². The molecular weight excluding hydrogens is 1120 g/mol. The van der Waals surface area contributed by atoms with Crippen molar-refractivity contribution in [2.75, 3.05) is 0 Å². The fraction of sp³-hybridized carbons (Fsp3) is 0.200. The van der Waals surface area contributed by atoms with E-state index in [1.54, 1.807) is 0 Å². The van der Waals surface area contributed by atoms with Gasteiger partial charge in [-0.3, -0.25) is 9.55 Å². The van der Waals surface area contributed by atoms with E-state index in [1.165, 1.54) is 71.7 Å². The summed E-state index contributed by atoms with van der Waals surface area (Å²) in [6.07, 6.45) is 0. The number of hydrogen-bond acceptors (Lipinski definition) is 3. The molecule has 0 atom stereocenters. The number of phenolic OH excluding ortho intramolecular Hbond substituents is 1. The van der Waals surface area contributed by atoms with E-state index in [0.29, 0.717) is 5.82 Å². The van der Waals surface area contributed by atoms with Crippen LogP contribution in [0, 0.1) is 6.07 Å². The molecule has 7 heteroatoms. The molecule has 3 aromatic heterocycles. The number of fused-ring (bicyclic) bond motifs is 16. The molecule has 0 spiro atoms. The Bertz CT molecular complexity index is 4420. The molecule has 5 heterocycles. The minimum Gasteiger partial charge on any atom is -0.507 e. The van der Waals surface area contributed by atoms with Crippen molar-refractivity contribution >= 4 is 72.5 Å². The van der Waals surface area contributed by atoms with E-state index >= 15 is 0 Å². The molecule has 0 saturated carbocycles. The second-order valence-corrected chi connectivity index (χ2v) is 24.2. The monoisotopic (exact) mass is 1180 g/mol. The number of pyridine rings is 1. The van der Waals surface area contributed by atoms with Crippen molar-refractivity contribution in [2.24, 2.45) is 0 Å². The molecule has 14 rings (SSSR count). The molecule has 2 aliphatic rings. The molecule has 77 heavy (non-hydrogen) atoms. The Balaban J connectivity index is 0.00000566. The second kappa shape index (κ2) is 17.5. The molecule has 0 unspecified atom stereocenters. The molecule has 380 valence electrons. The number of nitrogens with zero attached hydrogens (tertiary/aromatic N) is 4. The summed E-state index contributed by atoms with van der Waals surface area (Å²) in [6.45, 7) is 22.7. The van der Waals surface area contributed by atoms with Crippen LogP contribution in [0.15, 0.2) is 164 Å². The molecule has 0 fully saturated rings. The van der Waals surface area contributed by atoms with Gasteiger partial charge in [-0.1, -0.05) is 218 Å². The van der Waals surface area contributed by atoms with Crippen LogP contribution < -0.4 is 16.4 Å². The first-order valence-corrected chi connectivity index (χ1v) is 27.1. The number of para-hydroxylation sites is 3. The summed E-state index contributed by atoms with van der Waals surface area (Å²) in [5.41, 5.74) is 25.3. The van der Waals surface area contributed by atoms with Crippen LogP contribution >= 0.6 is 0 Å². The average molecular weight is 1180 g/mol. The van der Waals surface area contributed by atoms with Gasteiger partial charge in [0.2, 0.25) is 0 Å². The summed E-state index contributed by atoms with van der Waals surface area (Å²) >= 11 is 0. The Labute approximate surface area is 466 Å².